The highest BCUT2D eigenvalue weighted by atomic mass is 16.3. The van der Waals surface area contributed by atoms with Gasteiger partial charge in [-0.25, -0.2) is 0 Å². The van der Waals surface area contributed by atoms with Crippen LogP contribution in [-0.2, 0) is 22.4 Å². The van der Waals surface area contributed by atoms with E-state index in [2.05, 4.69) is 10.6 Å². The van der Waals surface area contributed by atoms with Crippen molar-refractivity contribution >= 4 is 17.5 Å². The van der Waals surface area contributed by atoms with Crippen LogP contribution in [0.5, 0.6) is 0 Å². The second-order valence-electron chi connectivity index (χ2n) is 5.22. The normalized spacial score (nSPS) is 11.8. The van der Waals surface area contributed by atoms with E-state index in [0.29, 0.717) is 12.8 Å². The van der Waals surface area contributed by atoms with Crippen molar-refractivity contribution in [1.82, 2.24) is 5.32 Å². The molecule has 0 aliphatic carbocycles. The van der Waals surface area contributed by atoms with Crippen LogP contribution in [0.1, 0.15) is 44.7 Å². The summed E-state index contributed by atoms with van der Waals surface area (Å²) in [6.07, 6.45) is 2.20. The summed E-state index contributed by atoms with van der Waals surface area (Å²) in [6.45, 7) is 6.18. The Kier molecular flexibility index (Phi) is 7.60. The molecule has 0 fully saturated rings. The molecule has 0 aliphatic rings. The number of amides is 2. The van der Waals surface area contributed by atoms with Crippen LogP contribution < -0.4 is 10.6 Å². The first-order valence-electron chi connectivity index (χ1n) is 7.91. The Morgan fingerprint density at radius 3 is 2.18 bits per heavy atom. The van der Waals surface area contributed by atoms with Gasteiger partial charge >= 0.3 is 11.8 Å². The van der Waals surface area contributed by atoms with Crippen LogP contribution in [0, 0.1) is 0 Å². The SMILES string of the molecule is CCc1cccc(CC)c1NC(=O)C(=O)NCCC(O)CC. The third-order valence-corrected chi connectivity index (χ3v) is 3.68. The predicted molar refractivity (Wildman–Crippen MR) is 87.8 cm³/mol. The fourth-order valence-electron chi connectivity index (χ4n) is 2.21. The number of hydrogen-bond donors (Lipinski definition) is 3. The van der Waals surface area contributed by atoms with Gasteiger partial charge in [-0.15, -0.1) is 0 Å². The lowest BCUT2D eigenvalue weighted by Gasteiger charge is -2.14. The number of aliphatic hydroxyl groups is 1. The minimum atomic E-state index is -0.670. The van der Waals surface area contributed by atoms with Crippen molar-refractivity contribution in [3.05, 3.63) is 29.3 Å². The van der Waals surface area contributed by atoms with Crippen LogP contribution in [0.15, 0.2) is 18.2 Å². The molecule has 3 N–H and O–H groups in total. The molecule has 1 unspecified atom stereocenters. The number of benzene rings is 1. The van der Waals surface area contributed by atoms with E-state index < -0.39 is 17.9 Å². The molecule has 122 valence electrons. The quantitative estimate of drug-likeness (QED) is 0.674. The van der Waals surface area contributed by atoms with Crippen LogP contribution in [0.2, 0.25) is 0 Å². The molecule has 1 aromatic carbocycles. The van der Waals surface area contributed by atoms with E-state index in [1.807, 2.05) is 39.0 Å². The molecule has 0 heterocycles. The standard InChI is InChI=1S/C17H26N2O3/c1-4-12-8-7-9-13(5-2)15(12)19-17(22)16(21)18-11-10-14(20)6-3/h7-9,14,20H,4-6,10-11H2,1-3H3,(H,18,21)(H,19,22). The van der Waals surface area contributed by atoms with Gasteiger partial charge in [-0.3, -0.25) is 9.59 Å². The van der Waals surface area contributed by atoms with E-state index in [4.69, 9.17) is 0 Å². The Hall–Kier alpha value is -1.88. The molecule has 0 saturated heterocycles. The lowest BCUT2D eigenvalue weighted by molar-refractivity contribution is -0.136. The van der Waals surface area contributed by atoms with E-state index in [9.17, 15) is 14.7 Å². The van der Waals surface area contributed by atoms with Gasteiger partial charge in [-0.2, -0.15) is 0 Å². The highest BCUT2D eigenvalue weighted by Crippen LogP contribution is 2.22. The summed E-state index contributed by atoms with van der Waals surface area (Å²) in [5, 5.41) is 14.7. The van der Waals surface area contributed by atoms with E-state index in [1.165, 1.54) is 0 Å². The highest BCUT2D eigenvalue weighted by molar-refractivity contribution is 6.39. The Balaban J connectivity index is 2.66. The third kappa shape index (κ3) is 5.15. The van der Waals surface area contributed by atoms with Crippen LogP contribution >= 0.6 is 0 Å². The summed E-state index contributed by atoms with van der Waals surface area (Å²) in [5.41, 5.74) is 2.77. The van der Waals surface area contributed by atoms with Crippen molar-refractivity contribution in [2.45, 2.75) is 52.6 Å². The molecule has 0 spiro atoms. The second kappa shape index (κ2) is 9.20. The summed E-state index contributed by atoms with van der Waals surface area (Å²) in [4.78, 5) is 23.8. The Morgan fingerprint density at radius 1 is 1.09 bits per heavy atom. The fraction of sp³-hybridized carbons (Fsp3) is 0.529. The summed E-state index contributed by atoms with van der Waals surface area (Å²) < 4.78 is 0. The maximum absolute atomic E-state index is 12.0. The first-order valence-corrected chi connectivity index (χ1v) is 7.91. The van der Waals surface area contributed by atoms with Gasteiger partial charge in [0, 0.05) is 12.2 Å². The molecular weight excluding hydrogens is 280 g/mol. The number of aliphatic hydroxyl groups excluding tert-OH is 1. The molecule has 2 amide bonds. The van der Waals surface area contributed by atoms with Gasteiger partial charge in [0.2, 0.25) is 0 Å². The van der Waals surface area contributed by atoms with Gasteiger partial charge in [0.25, 0.3) is 0 Å². The van der Waals surface area contributed by atoms with Crippen molar-refractivity contribution in [3.8, 4) is 0 Å². The predicted octanol–water partition coefficient (Wildman–Crippen LogP) is 2.03. The van der Waals surface area contributed by atoms with Crippen LogP contribution in [-0.4, -0.2) is 29.6 Å². The molecule has 0 aliphatic heterocycles. The van der Waals surface area contributed by atoms with Crippen LogP contribution in [0.25, 0.3) is 0 Å². The molecule has 1 rings (SSSR count). The average Bonchev–Trinajstić information content (AvgIpc) is 2.54. The van der Waals surface area contributed by atoms with Crippen molar-refractivity contribution in [2.24, 2.45) is 0 Å². The van der Waals surface area contributed by atoms with E-state index >= 15 is 0 Å². The van der Waals surface area contributed by atoms with Gasteiger partial charge in [-0.1, -0.05) is 39.0 Å². The van der Waals surface area contributed by atoms with Gasteiger partial charge in [-0.05, 0) is 36.8 Å². The zero-order valence-electron chi connectivity index (χ0n) is 13.6. The average molecular weight is 306 g/mol. The van der Waals surface area contributed by atoms with Gasteiger partial charge < -0.3 is 15.7 Å². The molecule has 1 atom stereocenters. The van der Waals surface area contributed by atoms with Crippen LogP contribution in [0.4, 0.5) is 5.69 Å². The summed E-state index contributed by atoms with van der Waals surface area (Å²) in [7, 11) is 0. The maximum Gasteiger partial charge on any atom is 0.313 e. The molecule has 5 heteroatoms. The summed E-state index contributed by atoms with van der Waals surface area (Å²) in [5.74, 6) is -1.34. The number of rotatable bonds is 7. The molecule has 0 bridgehead atoms. The minimum Gasteiger partial charge on any atom is -0.393 e. The number of hydrogen-bond acceptors (Lipinski definition) is 3. The molecule has 0 saturated carbocycles. The van der Waals surface area contributed by atoms with Crippen LogP contribution in [0.3, 0.4) is 0 Å². The zero-order valence-corrected chi connectivity index (χ0v) is 13.6. The number of nitrogens with one attached hydrogen (secondary N) is 2. The number of anilines is 1. The van der Waals surface area contributed by atoms with E-state index in [1.54, 1.807) is 0 Å². The highest BCUT2D eigenvalue weighted by Gasteiger charge is 2.16. The maximum atomic E-state index is 12.0. The lowest BCUT2D eigenvalue weighted by Crippen LogP contribution is -2.37. The van der Waals surface area contributed by atoms with Gasteiger partial charge in [0.05, 0.1) is 6.10 Å². The molecular formula is C17H26N2O3. The molecule has 1 aromatic rings. The van der Waals surface area contributed by atoms with E-state index in [-0.39, 0.29) is 6.54 Å². The molecule has 0 radical (unpaired) electrons. The number of carbonyl (C=O) groups excluding carboxylic acids is 2. The van der Waals surface area contributed by atoms with Gasteiger partial charge in [0.1, 0.15) is 0 Å². The first kappa shape index (κ1) is 18.2. The number of aryl methyl sites for hydroxylation is 2. The minimum absolute atomic E-state index is 0.289. The monoisotopic (exact) mass is 306 g/mol. The van der Waals surface area contributed by atoms with Crippen molar-refractivity contribution in [2.75, 3.05) is 11.9 Å². The second-order valence-corrected chi connectivity index (χ2v) is 5.22. The number of para-hydroxylation sites is 1. The lowest BCUT2D eigenvalue weighted by atomic mass is 10.0. The van der Waals surface area contributed by atoms with Crippen molar-refractivity contribution in [3.63, 3.8) is 0 Å². The smallest absolute Gasteiger partial charge is 0.313 e. The van der Waals surface area contributed by atoms with Gasteiger partial charge in [0.15, 0.2) is 0 Å². The van der Waals surface area contributed by atoms with E-state index in [0.717, 1.165) is 29.7 Å². The topological polar surface area (TPSA) is 78.4 Å². The molecule has 5 nitrogen and oxygen atoms in total. The third-order valence-electron chi connectivity index (χ3n) is 3.68. The van der Waals surface area contributed by atoms with Crippen molar-refractivity contribution in [1.29, 1.82) is 0 Å². The first-order chi connectivity index (χ1) is 10.5. The number of carbonyl (C=O) groups is 2. The zero-order chi connectivity index (χ0) is 16.5. The van der Waals surface area contributed by atoms with Crippen molar-refractivity contribution < 1.29 is 14.7 Å². The summed E-state index contributed by atoms with van der Waals surface area (Å²) >= 11 is 0. The summed E-state index contributed by atoms with van der Waals surface area (Å²) in [6, 6.07) is 5.86. The Labute approximate surface area is 132 Å². The Bertz CT molecular complexity index is 492. The molecule has 0 aromatic heterocycles. The molecule has 22 heavy (non-hydrogen) atoms. The largest absolute Gasteiger partial charge is 0.393 e. The Morgan fingerprint density at radius 2 is 1.68 bits per heavy atom. The fourth-order valence-corrected chi connectivity index (χ4v) is 2.21.